The van der Waals surface area contributed by atoms with Gasteiger partial charge in [-0.3, -0.25) is 4.79 Å². The number of rotatable bonds is 3. The zero-order valence-corrected chi connectivity index (χ0v) is 13.0. The Labute approximate surface area is 139 Å². The average Bonchev–Trinajstić information content (AvgIpc) is 3.06. The molecule has 2 atom stereocenters. The van der Waals surface area contributed by atoms with E-state index in [0.717, 1.165) is 5.56 Å². The van der Waals surface area contributed by atoms with Crippen LogP contribution in [0.5, 0.6) is 0 Å². The molecular formula is C17H15ClN4O. The summed E-state index contributed by atoms with van der Waals surface area (Å²) in [6.45, 7) is 0. The van der Waals surface area contributed by atoms with E-state index < -0.39 is 0 Å². The normalized spacial score (nSPS) is 20.0. The molecule has 3 rings (SSSR count). The molecule has 116 valence electrons. The van der Waals surface area contributed by atoms with Crippen LogP contribution in [-0.4, -0.2) is 11.9 Å². The van der Waals surface area contributed by atoms with Gasteiger partial charge in [0.1, 0.15) is 6.04 Å². The van der Waals surface area contributed by atoms with E-state index >= 15 is 0 Å². The van der Waals surface area contributed by atoms with Crippen molar-refractivity contribution in [2.24, 2.45) is 0 Å². The van der Waals surface area contributed by atoms with Crippen molar-refractivity contribution in [3.8, 4) is 6.07 Å². The van der Waals surface area contributed by atoms with Gasteiger partial charge >= 0.3 is 0 Å². The minimum absolute atomic E-state index is 0.0495. The van der Waals surface area contributed by atoms with E-state index in [1.54, 1.807) is 24.3 Å². The lowest BCUT2D eigenvalue weighted by Gasteiger charge is -2.11. The standard InChI is InChI=1S/C17H15ClN4O/c18-13-6-4-12(5-7-13)15-9-16(22-21-15)17(23)20-14-3-1-2-11(8-14)10-19/h1-8,15-16,21-22H,9H2,(H,20,23). The molecule has 2 aromatic carbocycles. The minimum atomic E-state index is -0.346. The number of carbonyl (C=O) groups is 1. The molecule has 1 amide bonds. The predicted molar refractivity (Wildman–Crippen MR) is 88.7 cm³/mol. The van der Waals surface area contributed by atoms with Crippen molar-refractivity contribution in [3.63, 3.8) is 0 Å². The molecule has 0 aromatic heterocycles. The van der Waals surface area contributed by atoms with Crippen LogP contribution in [0.1, 0.15) is 23.6 Å². The molecule has 3 N–H and O–H groups in total. The van der Waals surface area contributed by atoms with Crippen molar-refractivity contribution >= 4 is 23.2 Å². The van der Waals surface area contributed by atoms with Crippen LogP contribution in [0.15, 0.2) is 48.5 Å². The highest BCUT2D eigenvalue weighted by atomic mass is 35.5. The molecule has 0 spiro atoms. The van der Waals surface area contributed by atoms with Crippen LogP contribution in [-0.2, 0) is 4.79 Å². The summed E-state index contributed by atoms with van der Waals surface area (Å²) >= 11 is 5.89. The second-order valence-electron chi connectivity index (χ2n) is 5.36. The largest absolute Gasteiger partial charge is 0.325 e. The summed E-state index contributed by atoms with van der Waals surface area (Å²) in [5.74, 6) is -0.135. The molecular weight excluding hydrogens is 312 g/mol. The summed E-state index contributed by atoms with van der Waals surface area (Å²) < 4.78 is 0. The first-order chi connectivity index (χ1) is 11.2. The molecule has 0 bridgehead atoms. The van der Waals surface area contributed by atoms with Crippen molar-refractivity contribution in [1.29, 1.82) is 5.26 Å². The highest BCUT2D eigenvalue weighted by Gasteiger charge is 2.30. The van der Waals surface area contributed by atoms with Gasteiger partial charge in [-0.15, -0.1) is 0 Å². The first kappa shape index (κ1) is 15.5. The smallest absolute Gasteiger partial charge is 0.242 e. The van der Waals surface area contributed by atoms with Gasteiger partial charge in [-0.2, -0.15) is 5.26 Å². The molecule has 0 radical (unpaired) electrons. The third-order valence-corrected chi connectivity index (χ3v) is 4.00. The fourth-order valence-electron chi connectivity index (χ4n) is 2.54. The third-order valence-electron chi connectivity index (χ3n) is 3.75. The lowest BCUT2D eigenvalue weighted by atomic mass is 10.0. The second-order valence-corrected chi connectivity index (χ2v) is 5.80. The first-order valence-corrected chi connectivity index (χ1v) is 7.61. The molecule has 1 aliphatic rings. The monoisotopic (exact) mass is 326 g/mol. The predicted octanol–water partition coefficient (Wildman–Crippen LogP) is 2.76. The van der Waals surface area contributed by atoms with E-state index in [9.17, 15) is 4.79 Å². The van der Waals surface area contributed by atoms with E-state index in [-0.39, 0.29) is 18.0 Å². The maximum Gasteiger partial charge on any atom is 0.242 e. The van der Waals surface area contributed by atoms with Gasteiger partial charge in [0.05, 0.1) is 11.6 Å². The van der Waals surface area contributed by atoms with E-state index in [4.69, 9.17) is 16.9 Å². The van der Waals surface area contributed by atoms with Gasteiger partial charge < -0.3 is 5.32 Å². The van der Waals surface area contributed by atoms with Crippen LogP contribution in [0.4, 0.5) is 5.69 Å². The number of hydrogen-bond acceptors (Lipinski definition) is 4. The summed E-state index contributed by atoms with van der Waals surface area (Å²) in [5, 5.41) is 12.4. The average molecular weight is 327 g/mol. The minimum Gasteiger partial charge on any atom is -0.325 e. The van der Waals surface area contributed by atoms with E-state index in [2.05, 4.69) is 22.2 Å². The summed E-state index contributed by atoms with van der Waals surface area (Å²) in [4.78, 5) is 12.3. The summed E-state index contributed by atoms with van der Waals surface area (Å²) in [6.07, 6.45) is 0.630. The van der Waals surface area contributed by atoms with Gasteiger partial charge in [0.2, 0.25) is 5.91 Å². The number of amides is 1. The Morgan fingerprint density at radius 3 is 2.74 bits per heavy atom. The molecule has 0 saturated carbocycles. The number of nitrogens with one attached hydrogen (secondary N) is 3. The number of halogens is 1. The van der Waals surface area contributed by atoms with E-state index in [0.29, 0.717) is 22.7 Å². The van der Waals surface area contributed by atoms with Crippen LogP contribution in [0.25, 0.3) is 0 Å². The number of nitriles is 1. The highest BCUT2D eigenvalue weighted by Crippen LogP contribution is 2.24. The Morgan fingerprint density at radius 2 is 2.00 bits per heavy atom. The number of hydrazine groups is 1. The van der Waals surface area contributed by atoms with Crippen molar-refractivity contribution in [2.45, 2.75) is 18.5 Å². The SMILES string of the molecule is N#Cc1cccc(NC(=O)C2CC(c3ccc(Cl)cc3)NN2)c1. The maximum atomic E-state index is 12.3. The zero-order chi connectivity index (χ0) is 16.2. The van der Waals surface area contributed by atoms with Gasteiger partial charge in [-0.05, 0) is 42.3 Å². The lowest BCUT2D eigenvalue weighted by Crippen LogP contribution is -2.39. The Hall–Kier alpha value is -2.39. The van der Waals surface area contributed by atoms with Crippen molar-refractivity contribution in [1.82, 2.24) is 10.9 Å². The van der Waals surface area contributed by atoms with Crippen LogP contribution < -0.4 is 16.2 Å². The summed E-state index contributed by atoms with van der Waals surface area (Å²) in [7, 11) is 0. The molecule has 0 aliphatic carbocycles. The number of hydrogen-bond donors (Lipinski definition) is 3. The third kappa shape index (κ3) is 3.69. The molecule has 23 heavy (non-hydrogen) atoms. The number of anilines is 1. The molecule has 1 saturated heterocycles. The first-order valence-electron chi connectivity index (χ1n) is 7.23. The van der Waals surface area contributed by atoms with Gasteiger partial charge in [0.25, 0.3) is 0 Å². The molecule has 6 heteroatoms. The zero-order valence-electron chi connectivity index (χ0n) is 12.2. The number of benzene rings is 2. The molecule has 1 fully saturated rings. The van der Waals surface area contributed by atoms with E-state index in [1.807, 2.05) is 24.3 Å². The van der Waals surface area contributed by atoms with Crippen molar-refractivity contribution in [2.75, 3.05) is 5.32 Å². The van der Waals surface area contributed by atoms with Crippen molar-refractivity contribution in [3.05, 3.63) is 64.7 Å². The fraction of sp³-hybridized carbons (Fsp3) is 0.176. The van der Waals surface area contributed by atoms with Crippen LogP contribution >= 0.6 is 11.6 Å². The maximum absolute atomic E-state index is 12.3. The highest BCUT2D eigenvalue weighted by molar-refractivity contribution is 6.30. The van der Waals surface area contributed by atoms with Gasteiger partial charge in [0.15, 0.2) is 0 Å². The molecule has 1 heterocycles. The molecule has 1 aliphatic heterocycles. The van der Waals surface area contributed by atoms with Crippen molar-refractivity contribution < 1.29 is 4.79 Å². The topological polar surface area (TPSA) is 77.0 Å². The van der Waals surface area contributed by atoms with Crippen LogP contribution in [0.2, 0.25) is 5.02 Å². The van der Waals surface area contributed by atoms with Crippen LogP contribution in [0.3, 0.4) is 0 Å². The second kappa shape index (κ2) is 6.80. The Balaban J connectivity index is 1.63. The fourth-order valence-corrected chi connectivity index (χ4v) is 2.66. The van der Waals surface area contributed by atoms with Gasteiger partial charge in [-0.25, -0.2) is 10.9 Å². The Kier molecular flexibility index (Phi) is 4.58. The molecule has 5 nitrogen and oxygen atoms in total. The van der Waals surface area contributed by atoms with Gasteiger partial charge in [0, 0.05) is 16.8 Å². The Morgan fingerprint density at radius 1 is 1.22 bits per heavy atom. The number of nitrogens with zero attached hydrogens (tertiary/aromatic N) is 1. The van der Waals surface area contributed by atoms with E-state index in [1.165, 1.54) is 0 Å². The van der Waals surface area contributed by atoms with Crippen LogP contribution in [0, 0.1) is 11.3 Å². The lowest BCUT2D eigenvalue weighted by molar-refractivity contribution is -0.117. The number of carbonyl (C=O) groups excluding carboxylic acids is 1. The summed E-state index contributed by atoms with van der Waals surface area (Å²) in [6, 6.07) is 16.2. The molecule has 2 aromatic rings. The summed E-state index contributed by atoms with van der Waals surface area (Å²) in [5.41, 5.74) is 8.34. The molecule has 2 unspecified atom stereocenters. The quantitative estimate of drug-likeness (QED) is 0.810. The Bertz CT molecular complexity index is 754. The van der Waals surface area contributed by atoms with Gasteiger partial charge in [-0.1, -0.05) is 29.8 Å².